The van der Waals surface area contributed by atoms with E-state index in [-0.39, 0.29) is 27.1 Å². The fourth-order valence-electron chi connectivity index (χ4n) is 7.39. The summed E-state index contributed by atoms with van der Waals surface area (Å²) >= 11 is 0. The fraction of sp³-hybridized carbons (Fsp3) is 0.356. The van der Waals surface area contributed by atoms with Crippen molar-refractivity contribution in [2.45, 2.75) is 105 Å². The number of hydrogen-bond donors (Lipinski definition) is 0. The van der Waals surface area contributed by atoms with E-state index in [1.807, 2.05) is 0 Å². The van der Waals surface area contributed by atoms with Crippen LogP contribution < -0.4 is 5.43 Å². The summed E-state index contributed by atoms with van der Waals surface area (Å²) in [6.45, 7) is 27.2. The zero-order chi connectivity index (χ0) is 33.3. The van der Waals surface area contributed by atoms with Gasteiger partial charge in [-0.3, -0.25) is 4.79 Å². The summed E-state index contributed by atoms with van der Waals surface area (Å²) in [4.78, 5) is 15.3. The maximum Gasteiger partial charge on any atom is 0.195 e. The van der Waals surface area contributed by atoms with Crippen LogP contribution >= 0.6 is 0 Å². The minimum absolute atomic E-state index is 0.0580. The minimum atomic E-state index is -0.0580. The van der Waals surface area contributed by atoms with Crippen molar-refractivity contribution >= 4 is 32.3 Å². The molecule has 1 nitrogen and oxygen atoms in total. The molecule has 0 saturated heterocycles. The number of hydrogen-bond acceptors (Lipinski definition) is 1. The Bertz CT molecular complexity index is 2060. The van der Waals surface area contributed by atoms with E-state index >= 15 is 4.79 Å². The predicted molar refractivity (Wildman–Crippen MR) is 201 cm³/mol. The third-order valence-corrected chi connectivity index (χ3v) is 10.3. The summed E-state index contributed by atoms with van der Waals surface area (Å²) in [5.74, 6) is 0. The average Bonchev–Trinajstić information content (AvgIpc) is 3.59. The van der Waals surface area contributed by atoms with Gasteiger partial charge in [0.1, 0.15) is 0 Å². The van der Waals surface area contributed by atoms with Crippen molar-refractivity contribution in [2.24, 2.45) is 0 Å². The molecule has 2 aliphatic carbocycles. The monoisotopic (exact) mass is 604 g/mol. The molecule has 0 fully saturated rings. The Hall–Kier alpha value is -3.97. The third-order valence-electron chi connectivity index (χ3n) is 10.3. The summed E-state index contributed by atoms with van der Waals surface area (Å²) in [5.41, 5.74) is 10.9. The van der Waals surface area contributed by atoms with Gasteiger partial charge >= 0.3 is 0 Å². The standard InChI is InChI=1S/C45H48O/c1-42(2,3)29-19-27(20-30(23-29)43(4,5)6)36-39-33-17-15-25-13-14-26-16-18-34(38(33)35(25)26)40(39)37(41(36)46)28-21-31(44(7,8)9)24-32(22-28)45(10,11)12/h13-24H,1-12H3. The Morgan fingerprint density at radius 3 is 0.978 bits per heavy atom. The van der Waals surface area contributed by atoms with E-state index in [1.165, 1.54) is 54.6 Å². The van der Waals surface area contributed by atoms with E-state index in [4.69, 9.17) is 0 Å². The van der Waals surface area contributed by atoms with Crippen LogP contribution in [0.3, 0.4) is 0 Å². The molecule has 0 radical (unpaired) electrons. The molecule has 0 heterocycles. The van der Waals surface area contributed by atoms with Crippen molar-refractivity contribution in [2.75, 3.05) is 0 Å². The number of benzene rings is 4. The highest BCUT2D eigenvalue weighted by atomic mass is 16.1. The lowest BCUT2D eigenvalue weighted by molar-refractivity contribution is 0.568. The van der Waals surface area contributed by atoms with Gasteiger partial charge in [0.05, 0.1) is 0 Å². The second-order valence-corrected chi connectivity index (χ2v) is 17.9. The molecule has 0 atom stereocenters. The zero-order valence-electron chi connectivity index (χ0n) is 29.8. The first-order valence-corrected chi connectivity index (χ1v) is 16.9. The molecule has 0 aromatic heterocycles. The SMILES string of the molecule is CC(C)(C)c1cc(-c2c3c4ccc5ccc6ccc(c-3c(-c3cc(C(C)(C)C)cc(C(C)(C)C)c3)c2=O)c4c56)cc(C(C)(C)C)c1. The van der Waals surface area contributed by atoms with Gasteiger partial charge in [-0.1, -0.05) is 156 Å². The molecule has 0 amide bonds. The van der Waals surface area contributed by atoms with Crippen LogP contribution in [0, 0.1) is 0 Å². The van der Waals surface area contributed by atoms with Gasteiger partial charge in [-0.15, -0.1) is 0 Å². The van der Waals surface area contributed by atoms with E-state index in [0.29, 0.717) is 0 Å². The van der Waals surface area contributed by atoms with Crippen LogP contribution in [-0.4, -0.2) is 0 Å². The molecule has 0 aliphatic heterocycles. The van der Waals surface area contributed by atoms with Gasteiger partial charge in [-0.05, 0) is 87.4 Å². The lowest BCUT2D eigenvalue weighted by atomic mass is 9.78. The third kappa shape index (κ3) is 4.61. The van der Waals surface area contributed by atoms with Gasteiger partial charge in [-0.2, -0.15) is 0 Å². The molecule has 0 N–H and O–H groups in total. The molecule has 0 unspecified atom stereocenters. The molecule has 0 bridgehead atoms. The van der Waals surface area contributed by atoms with Crippen LogP contribution in [0.4, 0.5) is 0 Å². The number of rotatable bonds is 2. The highest BCUT2D eigenvalue weighted by Crippen LogP contribution is 2.54. The molecule has 234 valence electrons. The Kier molecular flexibility index (Phi) is 6.36. The molecule has 5 aromatic rings. The van der Waals surface area contributed by atoms with Gasteiger partial charge in [0.15, 0.2) is 5.43 Å². The van der Waals surface area contributed by atoms with Gasteiger partial charge < -0.3 is 0 Å². The molecule has 5 aromatic carbocycles. The molecular formula is C45H48O. The summed E-state index contributed by atoms with van der Waals surface area (Å²) in [5, 5.41) is 7.51. The Morgan fingerprint density at radius 2 is 0.674 bits per heavy atom. The normalized spacial score (nSPS) is 13.7. The van der Waals surface area contributed by atoms with E-state index in [0.717, 1.165) is 33.4 Å². The van der Waals surface area contributed by atoms with Crippen molar-refractivity contribution < 1.29 is 0 Å². The van der Waals surface area contributed by atoms with E-state index in [2.05, 4.69) is 156 Å². The van der Waals surface area contributed by atoms with Crippen LogP contribution in [0.1, 0.15) is 105 Å². The number of fused-ring (bicyclic) bond motifs is 3. The van der Waals surface area contributed by atoms with Crippen molar-refractivity contribution in [3.05, 3.63) is 105 Å². The first-order valence-electron chi connectivity index (χ1n) is 16.9. The van der Waals surface area contributed by atoms with Crippen molar-refractivity contribution in [1.29, 1.82) is 0 Å². The van der Waals surface area contributed by atoms with Crippen LogP contribution in [0.15, 0.2) is 77.6 Å². The van der Waals surface area contributed by atoms with Crippen LogP contribution in [0.5, 0.6) is 0 Å². The zero-order valence-corrected chi connectivity index (χ0v) is 29.8. The second-order valence-electron chi connectivity index (χ2n) is 17.9. The van der Waals surface area contributed by atoms with E-state index in [1.54, 1.807) is 0 Å². The van der Waals surface area contributed by atoms with E-state index in [9.17, 15) is 0 Å². The minimum Gasteiger partial charge on any atom is -0.289 e. The Morgan fingerprint density at radius 1 is 0.370 bits per heavy atom. The lowest BCUT2D eigenvalue weighted by Crippen LogP contribution is -2.17. The molecule has 7 rings (SSSR count). The maximum atomic E-state index is 15.3. The Labute approximate surface area is 275 Å². The van der Waals surface area contributed by atoms with E-state index < -0.39 is 0 Å². The van der Waals surface area contributed by atoms with Gasteiger partial charge in [0.25, 0.3) is 0 Å². The first kappa shape index (κ1) is 30.7. The first-order chi connectivity index (χ1) is 21.2. The van der Waals surface area contributed by atoms with Gasteiger partial charge in [-0.25, -0.2) is 0 Å². The second kappa shape index (κ2) is 9.54. The molecule has 1 heteroatoms. The lowest BCUT2D eigenvalue weighted by Gasteiger charge is -2.26. The summed E-state index contributed by atoms with van der Waals surface area (Å²) < 4.78 is 0. The topological polar surface area (TPSA) is 17.1 Å². The maximum absolute atomic E-state index is 15.3. The summed E-state index contributed by atoms with van der Waals surface area (Å²) in [6, 6.07) is 27.4. The Balaban J connectivity index is 1.69. The molecule has 2 aliphatic rings. The van der Waals surface area contributed by atoms with Crippen LogP contribution in [-0.2, 0) is 21.7 Å². The van der Waals surface area contributed by atoms with Crippen molar-refractivity contribution in [1.82, 2.24) is 0 Å². The van der Waals surface area contributed by atoms with Crippen LogP contribution in [0.2, 0.25) is 0 Å². The quantitative estimate of drug-likeness (QED) is 0.192. The summed E-state index contributed by atoms with van der Waals surface area (Å²) in [6.07, 6.45) is 0. The van der Waals surface area contributed by atoms with Crippen molar-refractivity contribution in [3.63, 3.8) is 0 Å². The van der Waals surface area contributed by atoms with Crippen molar-refractivity contribution in [3.8, 4) is 33.4 Å². The average molecular weight is 605 g/mol. The summed E-state index contributed by atoms with van der Waals surface area (Å²) in [7, 11) is 0. The smallest absolute Gasteiger partial charge is 0.195 e. The molecule has 0 spiro atoms. The van der Waals surface area contributed by atoms with Gasteiger partial charge in [0, 0.05) is 22.3 Å². The predicted octanol–water partition coefficient (Wildman–Crippen LogP) is 12.4. The largest absolute Gasteiger partial charge is 0.289 e. The molecular weight excluding hydrogens is 556 g/mol. The molecule has 0 saturated carbocycles. The highest BCUT2D eigenvalue weighted by Gasteiger charge is 2.33. The molecule has 46 heavy (non-hydrogen) atoms. The van der Waals surface area contributed by atoms with Gasteiger partial charge in [0.2, 0.25) is 0 Å². The fourth-order valence-corrected chi connectivity index (χ4v) is 7.39. The van der Waals surface area contributed by atoms with Crippen LogP contribution in [0.25, 0.3) is 65.7 Å². The highest BCUT2D eigenvalue weighted by molar-refractivity contribution is 6.34.